The molecule has 2 aromatic carbocycles. The molecule has 2 bridgehead atoms. The summed E-state index contributed by atoms with van der Waals surface area (Å²) in [5, 5.41) is 5.96. The van der Waals surface area contributed by atoms with Crippen LogP contribution in [-0.2, 0) is 16.2 Å². The van der Waals surface area contributed by atoms with Gasteiger partial charge in [-0.3, -0.25) is 9.59 Å². The summed E-state index contributed by atoms with van der Waals surface area (Å²) in [7, 11) is 0. The Labute approximate surface area is 187 Å². The van der Waals surface area contributed by atoms with Gasteiger partial charge in [-0.2, -0.15) is 10.1 Å². The van der Waals surface area contributed by atoms with Crippen molar-refractivity contribution < 1.29 is 14.3 Å². The first-order valence-corrected chi connectivity index (χ1v) is 11.0. The molecule has 0 aromatic heterocycles. The van der Waals surface area contributed by atoms with Gasteiger partial charge in [-0.15, -0.1) is 0 Å². The molecule has 0 N–H and O–H groups in total. The smallest absolute Gasteiger partial charge is 0.254 e. The van der Waals surface area contributed by atoms with Crippen molar-refractivity contribution in [1.29, 1.82) is 0 Å². The van der Waals surface area contributed by atoms with Gasteiger partial charge in [0, 0.05) is 5.02 Å². The third kappa shape index (κ3) is 3.38. The lowest BCUT2D eigenvalue weighted by atomic mass is 9.85. The number of halogens is 2. The lowest BCUT2D eigenvalue weighted by molar-refractivity contribution is -0.140. The average molecular weight is 486 g/mol. The number of amides is 2. The van der Waals surface area contributed by atoms with Crippen LogP contribution in [0.5, 0.6) is 5.75 Å². The number of imide groups is 1. The van der Waals surface area contributed by atoms with Gasteiger partial charge < -0.3 is 4.74 Å². The van der Waals surface area contributed by atoms with E-state index in [-0.39, 0.29) is 35.5 Å². The molecule has 1 heterocycles. The number of ether oxygens (including phenoxy) is 1. The van der Waals surface area contributed by atoms with Gasteiger partial charge >= 0.3 is 0 Å². The molecule has 152 valence electrons. The van der Waals surface area contributed by atoms with Crippen LogP contribution in [0.4, 0.5) is 0 Å². The molecule has 2 aliphatic carbocycles. The van der Waals surface area contributed by atoms with Gasteiger partial charge in [0.05, 0.1) is 22.5 Å². The molecule has 0 unspecified atom stereocenters. The number of allylic oxidation sites excluding steroid dienone is 2. The van der Waals surface area contributed by atoms with Crippen molar-refractivity contribution in [2.75, 3.05) is 0 Å². The standard InChI is InChI=1S/C23H18BrClN2O3/c24-18-9-14(3-8-19(18)30-12-13-1-6-17(25)7-2-13)11-26-27-22(28)20-15-4-5-16(10-15)21(20)23(27)29/h1-9,11,15-16,20-21H,10,12H2/b26-11-/t15-,16-,20-,21-/m0/s1. The van der Waals surface area contributed by atoms with E-state index < -0.39 is 0 Å². The van der Waals surface area contributed by atoms with Crippen LogP contribution in [0.1, 0.15) is 17.5 Å². The number of carbonyl (C=O) groups excluding carboxylic acids is 2. The summed E-state index contributed by atoms with van der Waals surface area (Å²) in [4.78, 5) is 25.4. The molecule has 4 atom stereocenters. The molecular formula is C23H18BrClN2O3. The summed E-state index contributed by atoms with van der Waals surface area (Å²) in [6.07, 6.45) is 6.60. The van der Waals surface area contributed by atoms with Crippen LogP contribution in [0.25, 0.3) is 0 Å². The maximum absolute atomic E-state index is 12.7. The lowest BCUT2D eigenvalue weighted by Gasteiger charge is -2.13. The molecule has 1 aliphatic heterocycles. The molecule has 7 heteroatoms. The van der Waals surface area contributed by atoms with Gasteiger partial charge in [0.1, 0.15) is 12.4 Å². The fraction of sp³-hybridized carbons (Fsp3) is 0.261. The van der Waals surface area contributed by atoms with E-state index >= 15 is 0 Å². The maximum Gasteiger partial charge on any atom is 0.254 e. The number of hydrogen-bond donors (Lipinski definition) is 0. The number of carbonyl (C=O) groups is 2. The van der Waals surface area contributed by atoms with Gasteiger partial charge in [-0.05, 0) is 75.6 Å². The number of hydrogen-bond acceptors (Lipinski definition) is 4. The number of rotatable bonds is 5. The predicted octanol–water partition coefficient (Wildman–Crippen LogP) is 4.82. The van der Waals surface area contributed by atoms with Crippen molar-refractivity contribution in [3.05, 3.63) is 75.2 Å². The summed E-state index contributed by atoms with van der Waals surface area (Å²) in [6, 6.07) is 13.0. The summed E-state index contributed by atoms with van der Waals surface area (Å²) in [6.45, 7) is 0.416. The molecule has 1 saturated carbocycles. The van der Waals surface area contributed by atoms with Crippen molar-refractivity contribution in [2.24, 2.45) is 28.8 Å². The minimum Gasteiger partial charge on any atom is -0.488 e. The first kappa shape index (κ1) is 19.5. The van der Waals surface area contributed by atoms with E-state index in [1.807, 2.05) is 42.5 Å². The number of fused-ring (bicyclic) bond motifs is 5. The Morgan fingerprint density at radius 2 is 1.73 bits per heavy atom. The van der Waals surface area contributed by atoms with E-state index in [9.17, 15) is 9.59 Å². The quantitative estimate of drug-likeness (QED) is 0.346. The second-order valence-electron chi connectivity index (χ2n) is 7.84. The van der Waals surface area contributed by atoms with Gasteiger partial charge in [0.25, 0.3) is 11.8 Å². The zero-order valence-electron chi connectivity index (χ0n) is 15.9. The number of hydrazone groups is 1. The molecule has 5 rings (SSSR count). The second kappa shape index (κ2) is 7.67. The van der Waals surface area contributed by atoms with Gasteiger partial charge in [-0.1, -0.05) is 35.9 Å². The highest BCUT2D eigenvalue weighted by molar-refractivity contribution is 9.10. The first-order valence-electron chi connectivity index (χ1n) is 9.78. The monoisotopic (exact) mass is 484 g/mol. The Morgan fingerprint density at radius 3 is 2.37 bits per heavy atom. The summed E-state index contributed by atoms with van der Waals surface area (Å²) < 4.78 is 6.61. The Hall–Kier alpha value is -2.44. The van der Waals surface area contributed by atoms with Crippen LogP contribution in [0.3, 0.4) is 0 Å². The third-order valence-corrected chi connectivity index (χ3v) is 6.90. The molecular weight excluding hydrogens is 468 g/mol. The molecule has 2 fully saturated rings. The summed E-state index contributed by atoms with van der Waals surface area (Å²) >= 11 is 9.41. The molecule has 3 aliphatic rings. The molecule has 0 radical (unpaired) electrons. The Balaban J connectivity index is 1.26. The van der Waals surface area contributed by atoms with E-state index in [2.05, 4.69) is 33.2 Å². The van der Waals surface area contributed by atoms with Gasteiger partial charge in [-0.25, -0.2) is 0 Å². The van der Waals surface area contributed by atoms with Crippen molar-refractivity contribution in [3.63, 3.8) is 0 Å². The van der Waals surface area contributed by atoms with Crippen molar-refractivity contribution in [3.8, 4) is 5.75 Å². The molecule has 2 aromatic rings. The van der Waals surface area contributed by atoms with Gasteiger partial charge in [0.2, 0.25) is 0 Å². The van der Waals surface area contributed by atoms with Crippen LogP contribution in [-0.4, -0.2) is 23.0 Å². The van der Waals surface area contributed by atoms with E-state index in [1.165, 1.54) is 0 Å². The van der Waals surface area contributed by atoms with E-state index in [0.29, 0.717) is 17.4 Å². The molecule has 5 nitrogen and oxygen atoms in total. The van der Waals surface area contributed by atoms with Crippen LogP contribution < -0.4 is 4.74 Å². The Morgan fingerprint density at radius 1 is 1.07 bits per heavy atom. The fourth-order valence-electron chi connectivity index (χ4n) is 4.58. The zero-order valence-corrected chi connectivity index (χ0v) is 18.2. The fourth-order valence-corrected chi connectivity index (χ4v) is 5.22. The highest BCUT2D eigenvalue weighted by atomic mass is 79.9. The number of benzene rings is 2. The summed E-state index contributed by atoms with van der Waals surface area (Å²) in [5.74, 6) is 0.221. The minimum atomic E-state index is -0.236. The molecule has 2 amide bonds. The SMILES string of the molecule is O=C1[C@@H]2[C@@H](C(=O)N1/N=C\c1ccc(OCc3ccc(Cl)cc3)c(Br)c1)[C@H]1C=C[C@H]2C1. The van der Waals surface area contributed by atoms with E-state index in [4.69, 9.17) is 16.3 Å². The Bertz CT molecular complexity index is 1050. The topological polar surface area (TPSA) is 59.0 Å². The molecule has 0 spiro atoms. The first-order chi connectivity index (χ1) is 14.5. The minimum absolute atomic E-state index is 0.180. The summed E-state index contributed by atoms with van der Waals surface area (Å²) in [5.41, 5.74) is 1.77. The predicted molar refractivity (Wildman–Crippen MR) is 117 cm³/mol. The normalized spacial score (nSPS) is 26.8. The maximum atomic E-state index is 12.7. The average Bonchev–Trinajstić information content (AvgIpc) is 3.41. The molecule has 30 heavy (non-hydrogen) atoms. The van der Waals surface area contributed by atoms with Crippen LogP contribution in [0.15, 0.2) is 64.2 Å². The van der Waals surface area contributed by atoms with Crippen molar-refractivity contribution >= 4 is 45.6 Å². The van der Waals surface area contributed by atoms with Crippen LogP contribution in [0, 0.1) is 23.7 Å². The van der Waals surface area contributed by atoms with E-state index in [1.54, 1.807) is 6.21 Å². The van der Waals surface area contributed by atoms with Crippen LogP contribution in [0.2, 0.25) is 5.02 Å². The second-order valence-corrected chi connectivity index (χ2v) is 9.13. The van der Waals surface area contributed by atoms with Crippen LogP contribution >= 0.6 is 27.5 Å². The van der Waals surface area contributed by atoms with Crippen molar-refractivity contribution in [2.45, 2.75) is 13.0 Å². The highest BCUT2D eigenvalue weighted by Gasteiger charge is 2.59. The Kier molecular flexibility index (Phi) is 4.99. The highest BCUT2D eigenvalue weighted by Crippen LogP contribution is 2.52. The number of nitrogens with zero attached hydrogens (tertiary/aromatic N) is 2. The third-order valence-electron chi connectivity index (χ3n) is 6.03. The zero-order chi connectivity index (χ0) is 20.8. The largest absolute Gasteiger partial charge is 0.488 e. The van der Waals surface area contributed by atoms with Gasteiger partial charge in [0.15, 0.2) is 0 Å². The van der Waals surface area contributed by atoms with Crippen molar-refractivity contribution in [1.82, 2.24) is 5.01 Å². The van der Waals surface area contributed by atoms with E-state index in [0.717, 1.165) is 27.0 Å². The molecule has 1 saturated heterocycles. The lowest BCUT2D eigenvalue weighted by Crippen LogP contribution is -2.28.